The molecule has 5 nitrogen and oxygen atoms in total. The van der Waals surface area contributed by atoms with Crippen LogP contribution in [0, 0.1) is 11.8 Å². The minimum atomic E-state index is -0.143. The van der Waals surface area contributed by atoms with Gasteiger partial charge in [0.2, 0.25) is 0 Å². The topological polar surface area (TPSA) is 84.6 Å². The van der Waals surface area contributed by atoms with E-state index < -0.39 is 0 Å². The molecule has 0 radical (unpaired) electrons. The van der Waals surface area contributed by atoms with Crippen molar-refractivity contribution >= 4 is 11.6 Å². The highest BCUT2D eigenvalue weighted by Crippen LogP contribution is 2.30. The number of hydrogen-bond donors (Lipinski definition) is 3. The van der Waals surface area contributed by atoms with Gasteiger partial charge in [-0.2, -0.15) is 0 Å². The molecule has 1 saturated carbocycles. The number of hydrogen-bond acceptors (Lipinski definition) is 4. The molecule has 2 rings (SSSR count). The van der Waals surface area contributed by atoms with Crippen LogP contribution in [-0.2, 0) is 4.79 Å². The molecule has 0 heterocycles. The first-order chi connectivity index (χ1) is 9.69. The van der Waals surface area contributed by atoms with Crippen molar-refractivity contribution < 1.29 is 14.6 Å². The Bertz CT molecular complexity index is 450. The van der Waals surface area contributed by atoms with E-state index >= 15 is 0 Å². The Balaban J connectivity index is 1.70. The van der Waals surface area contributed by atoms with Crippen molar-refractivity contribution in [2.75, 3.05) is 25.5 Å². The van der Waals surface area contributed by atoms with E-state index in [-0.39, 0.29) is 19.1 Å². The number of aliphatic hydroxyl groups excluding tert-OH is 1. The number of rotatable bonds is 6. The molecule has 0 aliphatic heterocycles. The van der Waals surface area contributed by atoms with Crippen LogP contribution in [0.1, 0.15) is 19.3 Å². The van der Waals surface area contributed by atoms with Gasteiger partial charge in [-0.3, -0.25) is 4.79 Å². The van der Waals surface area contributed by atoms with Crippen LogP contribution in [0.2, 0.25) is 0 Å². The fraction of sp³-hybridized carbons (Fsp3) is 0.533. The van der Waals surface area contributed by atoms with Crippen molar-refractivity contribution in [2.45, 2.75) is 19.3 Å². The van der Waals surface area contributed by atoms with Crippen LogP contribution in [0.5, 0.6) is 5.75 Å². The van der Waals surface area contributed by atoms with E-state index in [2.05, 4.69) is 5.32 Å². The van der Waals surface area contributed by atoms with Crippen LogP contribution < -0.4 is 15.8 Å². The molecule has 1 aliphatic rings. The molecule has 0 saturated heterocycles. The van der Waals surface area contributed by atoms with Crippen LogP contribution in [0.15, 0.2) is 24.3 Å². The molecular formula is C15H22N2O3. The second kappa shape index (κ2) is 7.14. The van der Waals surface area contributed by atoms with Gasteiger partial charge in [0.1, 0.15) is 5.75 Å². The quantitative estimate of drug-likeness (QED) is 0.682. The van der Waals surface area contributed by atoms with Crippen molar-refractivity contribution in [3.05, 3.63) is 24.3 Å². The summed E-state index contributed by atoms with van der Waals surface area (Å²) in [5, 5.41) is 12.1. The van der Waals surface area contributed by atoms with E-state index in [1.54, 1.807) is 24.3 Å². The van der Waals surface area contributed by atoms with Crippen LogP contribution >= 0.6 is 0 Å². The van der Waals surface area contributed by atoms with E-state index in [0.29, 0.717) is 29.8 Å². The maximum atomic E-state index is 11.7. The zero-order valence-electron chi connectivity index (χ0n) is 11.5. The molecule has 110 valence electrons. The zero-order valence-corrected chi connectivity index (χ0v) is 11.5. The smallest absolute Gasteiger partial charge is 0.257 e. The third kappa shape index (κ3) is 4.13. The minimum Gasteiger partial charge on any atom is -0.484 e. The van der Waals surface area contributed by atoms with Gasteiger partial charge in [0.05, 0.1) is 0 Å². The van der Waals surface area contributed by atoms with Crippen molar-refractivity contribution in [1.29, 1.82) is 0 Å². The van der Waals surface area contributed by atoms with Crippen LogP contribution in [0.25, 0.3) is 0 Å². The van der Waals surface area contributed by atoms with Gasteiger partial charge in [-0.05, 0) is 36.8 Å². The molecule has 1 aliphatic carbocycles. The van der Waals surface area contributed by atoms with Gasteiger partial charge in [-0.15, -0.1) is 0 Å². The number of anilines is 1. The lowest BCUT2D eigenvalue weighted by Crippen LogP contribution is -2.34. The predicted octanol–water partition coefficient (Wildman–Crippen LogP) is 1.17. The Morgan fingerprint density at radius 3 is 2.95 bits per heavy atom. The third-order valence-corrected chi connectivity index (χ3v) is 3.84. The molecule has 0 spiro atoms. The molecule has 2 atom stereocenters. The molecular weight excluding hydrogens is 256 g/mol. The monoisotopic (exact) mass is 278 g/mol. The van der Waals surface area contributed by atoms with E-state index in [9.17, 15) is 9.90 Å². The lowest BCUT2D eigenvalue weighted by Gasteiger charge is -2.17. The molecule has 20 heavy (non-hydrogen) atoms. The highest BCUT2D eigenvalue weighted by molar-refractivity contribution is 5.77. The molecule has 4 N–H and O–H groups in total. The van der Waals surface area contributed by atoms with Crippen molar-refractivity contribution in [2.24, 2.45) is 11.8 Å². The van der Waals surface area contributed by atoms with Crippen LogP contribution in [0.4, 0.5) is 5.69 Å². The summed E-state index contributed by atoms with van der Waals surface area (Å²) in [6, 6.07) is 7.00. The number of carbonyl (C=O) groups excluding carboxylic acids is 1. The van der Waals surface area contributed by atoms with E-state index in [0.717, 1.165) is 19.3 Å². The Morgan fingerprint density at radius 1 is 1.40 bits per heavy atom. The zero-order chi connectivity index (χ0) is 14.4. The first-order valence-corrected chi connectivity index (χ1v) is 7.05. The predicted molar refractivity (Wildman–Crippen MR) is 77.3 cm³/mol. The highest BCUT2D eigenvalue weighted by Gasteiger charge is 2.26. The number of nitrogen functional groups attached to an aromatic ring is 1. The van der Waals surface area contributed by atoms with Gasteiger partial charge >= 0.3 is 0 Å². The van der Waals surface area contributed by atoms with E-state index in [4.69, 9.17) is 10.5 Å². The summed E-state index contributed by atoms with van der Waals surface area (Å²) < 4.78 is 5.38. The lowest BCUT2D eigenvalue weighted by molar-refractivity contribution is -0.123. The fourth-order valence-corrected chi connectivity index (χ4v) is 2.67. The highest BCUT2D eigenvalue weighted by atomic mass is 16.5. The van der Waals surface area contributed by atoms with E-state index in [1.165, 1.54) is 0 Å². The number of aliphatic hydroxyl groups is 1. The van der Waals surface area contributed by atoms with Gasteiger partial charge in [0.15, 0.2) is 6.61 Å². The standard InChI is InChI=1S/C15H22N2O3/c16-13-5-2-6-14(7-13)20-10-15(19)17-8-11-3-1-4-12(11)9-18/h2,5-7,11-12,18H,1,3-4,8-10,16H2,(H,17,19). The number of nitrogens with two attached hydrogens (primary N) is 1. The number of nitrogens with one attached hydrogen (secondary N) is 1. The number of amides is 1. The van der Waals surface area contributed by atoms with Gasteiger partial charge in [0.25, 0.3) is 5.91 Å². The second-order valence-corrected chi connectivity index (χ2v) is 5.30. The summed E-state index contributed by atoms with van der Waals surface area (Å²) in [6.07, 6.45) is 3.25. The Morgan fingerprint density at radius 2 is 2.20 bits per heavy atom. The molecule has 5 heteroatoms. The second-order valence-electron chi connectivity index (χ2n) is 5.30. The maximum absolute atomic E-state index is 11.7. The summed E-state index contributed by atoms with van der Waals surface area (Å²) in [5.41, 5.74) is 6.24. The summed E-state index contributed by atoms with van der Waals surface area (Å²) >= 11 is 0. The molecule has 0 aromatic heterocycles. The van der Waals surface area contributed by atoms with Gasteiger partial charge in [-0.1, -0.05) is 12.5 Å². The normalized spacial score (nSPS) is 21.6. The lowest BCUT2D eigenvalue weighted by atomic mass is 9.97. The SMILES string of the molecule is Nc1cccc(OCC(=O)NCC2CCCC2CO)c1. The molecule has 2 unspecified atom stereocenters. The maximum Gasteiger partial charge on any atom is 0.257 e. The third-order valence-electron chi connectivity index (χ3n) is 3.84. The number of benzene rings is 1. The first-order valence-electron chi connectivity index (χ1n) is 7.05. The van der Waals surface area contributed by atoms with Crippen molar-refractivity contribution in [3.63, 3.8) is 0 Å². The minimum absolute atomic E-state index is 0.0139. The Hall–Kier alpha value is -1.75. The summed E-state index contributed by atoms with van der Waals surface area (Å²) in [7, 11) is 0. The average molecular weight is 278 g/mol. The summed E-state index contributed by atoms with van der Waals surface area (Å²) in [5.74, 6) is 1.16. The molecule has 1 fully saturated rings. The molecule has 1 amide bonds. The molecule has 1 aromatic rings. The molecule has 0 bridgehead atoms. The molecule has 1 aromatic carbocycles. The van der Waals surface area contributed by atoms with Crippen LogP contribution in [-0.4, -0.2) is 30.8 Å². The largest absolute Gasteiger partial charge is 0.484 e. The van der Waals surface area contributed by atoms with Crippen molar-refractivity contribution in [3.8, 4) is 5.75 Å². The van der Waals surface area contributed by atoms with Gasteiger partial charge < -0.3 is 20.9 Å². The van der Waals surface area contributed by atoms with Crippen molar-refractivity contribution in [1.82, 2.24) is 5.32 Å². The van der Waals surface area contributed by atoms with E-state index in [1.807, 2.05) is 0 Å². The first kappa shape index (κ1) is 14.7. The number of ether oxygens (including phenoxy) is 1. The Kier molecular flexibility index (Phi) is 5.24. The number of carbonyl (C=O) groups is 1. The van der Waals surface area contributed by atoms with Gasteiger partial charge in [0, 0.05) is 24.9 Å². The van der Waals surface area contributed by atoms with Gasteiger partial charge in [-0.25, -0.2) is 0 Å². The Labute approximate surface area is 119 Å². The fourth-order valence-electron chi connectivity index (χ4n) is 2.67. The average Bonchev–Trinajstić information content (AvgIpc) is 2.90. The summed E-state index contributed by atoms with van der Waals surface area (Å²) in [4.78, 5) is 11.7. The van der Waals surface area contributed by atoms with Crippen LogP contribution in [0.3, 0.4) is 0 Å². The summed E-state index contributed by atoms with van der Waals surface area (Å²) in [6.45, 7) is 0.810.